The van der Waals surface area contributed by atoms with Crippen LogP contribution in [-0.2, 0) is 13.0 Å². The zero-order valence-electron chi connectivity index (χ0n) is 8.87. The summed E-state index contributed by atoms with van der Waals surface area (Å²) in [6, 6.07) is 1.67. The SMILES string of the molecule is CCn1ncnc1CC(=O)c1ncccn1. The van der Waals surface area contributed by atoms with Crippen molar-refractivity contribution in [2.45, 2.75) is 19.9 Å². The van der Waals surface area contributed by atoms with Crippen molar-refractivity contribution in [1.29, 1.82) is 0 Å². The molecule has 0 saturated carbocycles. The summed E-state index contributed by atoms with van der Waals surface area (Å²) in [6.07, 6.45) is 4.71. The molecule has 0 aliphatic carbocycles. The monoisotopic (exact) mass is 217 g/mol. The molecule has 0 N–H and O–H groups in total. The van der Waals surface area contributed by atoms with Crippen molar-refractivity contribution in [3.8, 4) is 0 Å². The van der Waals surface area contributed by atoms with Gasteiger partial charge >= 0.3 is 0 Å². The highest BCUT2D eigenvalue weighted by atomic mass is 16.1. The maximum absolute atomic E-state index is 11.8. The lowest BCUT2D eigenvalue weighted by atomic mass is 10.2. The lowest BCUT2D eigenvalue weighted by Gasteiger charge is -2.01. The molecule has 0 aromatic carbocycles. The van der Waals surface area contributed by atoms with Gasteiger partial charge in [-0.2, -0.15) is 5.10 Å². The number of carbonyl (C=O) groups is 1. The summed E-state index contributed by atoms with van der Waals surface area (Å²) in [5.74, 6) is 0.705. The quantitative estimate of drug-likeness (QED) is 0.698. The Morgan fingerprint density at radius 3 is 2.75 bits per heavy atom. The van der Waals surface area contributed by atoms with Gasteiger partial charge in [-0.05, 0) is 13.0 Å². The van der Waals surface area contributed by atoms with Gasteiger partial charge in [0.05, 0.1) is 6.42 Å². The van der Waals surface area contributed by atoms with Gasteiger partial charge in [0.15, 0.2) is 5.82 Å². The molecule has 0 saturated heterocycles. The highest BCUT2D eigenvalue weighted by Gasteiger charge is 2.13. The van der Waals surface area contributed by atoms with Crippen LogP contribution in [0.5, 0.6) is 0 Å². The van der Waals surface area contributed by atoms with Crippen LogP contribution in [0.4, 0.5) is 0 Å². The van der Waals surface area contributed by atoms with Crippen LogP contribution < -0.4 is 0 Å². The van der Waals surface area contributed by atoms with E-state index in [2.05, 4.69) is 20.1 Å². The summed E-state index contributed by atoms with van der Waals surface area (Å²) in [4.78, 5) is 23.6. The maximum Gasteiger partial charge on any atom is 0.207 e. The zero-order chi connectivity index (χ0) is 11.4. The Labute approximate surface area is 92.4 Å². The molecule has 6 heteroatoms. The Morgan fingerprint density at radius 2 is 2.06 bits per heavy atom. The van der Waals surface area contributed by atoms with E-state index < -0.39 is 0 Å². The van der Waals surface area contributed by atoms with Gasteiger partial charge in [-0.1, -0.05) is 0 Å². The first-order valence-electron chi connectivity index (χ1n) is 4.98. The number of carbonyl (C=O) groups excluding carboxylic acids is 1. The van der Waals surface area contributed by atoms with Gasteiger partial charge in [-0.3, -0.25) is 4.79 Å². The average molecular weight is 217 g/mol. The molecule has 0 radical (unpaired) electrons. The van der Waals surface area contributed by atoms with Gasteiger partial charge in [0.25, 0.3) is 0 Å². The number of nitrogens with zero attached hydrogens (tertiary/aromatic N) is 5. The largest absolute Gasteiger partial charge is 0.290 e. The second-order valence-corrected chi connectivity index (χ2v) is 3.16. The summed E-state index contributed by atoms with van der Waals surface area (Å²) in [6.45, 7) is 2.64. The van der Waals surface area contributed by atoms with E-state index in [0.717, 1.165) is 0 Å². The highest BCUT2D eigenvalue weighted by molar-refractivity contribution is 5.93. The van der Waals surface area contributed by atoms with Crippen molar-refractivity contribution < 1.29 is 4.79 Å². The average Bonchev–Trinajstić information content (AvgIpc) is 2.77. The fourth-order valence-electron chi connectivity index (χ4n) is 1.35. The number of Topliss-reactive ketones (excluding diaryl/α,β-unsaturated/α-hetero) is 1. The first kappa shape index (κ1) is 10.4. The van der Waals surface area contributed by atoms with Crippen LogP contribution in [-0.4, -0.2) is 30.5 Å². The van der Waals surface area contributed by atoms with Crippen molar-refractivity contribution in [1.82, 2.24) is 24.7 Å². The van der Waals surface area contributed by atoms with Crippen LogP contribution in [0.15, 0.2) is 24.8 Å². The van der Waals surface area contributed by atoms with Crippen molar-refractivity contribution in [3.05, 3.63) is 36.4 Å². The summed E-state index contributed by atoms with van der Waals surface area (Å²) >= 11 is 0. The van der Waals surface area contributed by atoms with Gasteiger partial charge in [0.1, 0.15) is 12.2 Å². The fourth-order valence-corrected chi connectivity index (χ4v) is 1.35. The Hall–Kier alpha value is -2.11. The molecule has 6 nitrogen and oxygen atoms in total. The number of hydrogen-bond acceptors (Lipinski definition) is 5. The van der Waals surface area contributed by atoms with Crippen molar-refractivity contribution >= 4 is 5.78 Å². The molecular weight excluding hydrogens is 206 g/mol. The van der Waals surface area contributed by atoms with E-state index in [1.54, 1.807) is 23.1 Å². The molecule has 2 rings (SSSR count). The van der Waals surface area contributed by atoms with E-state index in [1.165, 1.54) is 6.33 Å². The molecule has 0 bridgehead atoms. The fraction of sp³-hybridized carbons (Fsp3) is 0.300. The predicted molar refractivity (Wildman–Crippen MR) is 55.8 cm³/mol. The molecule has 0 unspecified atom stereocenters. The molecule has 0 amide bonds. The molecule has 0 spiro atoms. The van der Waals surface area contributed by atoms with Crippen LogP contribution in [0.2, 0.25) is 0 Å². The van der Waals surface area contributed by atoms with Crippen LogP contribution in [0.25, 0.3) is 0 Å². The van der Waals surface area contributed by atoms with Crippen LogP contribution in [0, 0.1) is 0 Å². The van der Waals surface area contributed by atoms with Gasteiger partial charge in [-0.25, -0.2) is 19.6 Å². The summed E-state index contributed by atoms with van der Waals surface area (Å²) < 4.78 is 1.68. The van der Waals surface area contributed by atoms with E-state index in [-0.39, 0.29) is 18.0 Å². The zero-order valence-corrected chi connectivity index (χ0v) is 8.87. The summed E-state index contributed by atoms with van der Waals surface area (Å²) in [5, 5.41) is 3.99. The van der Waals surface area contributed by atoms with E-state index in [4.69, 9.17) is 0 Å². The summed E-state index contributed by atoms with van der Waals surface area (Å²) in [7, 11) is 0. The third-order valence-electron chi connectivity index (χ3n) is 2.13. The second kappa shape index (κ2) is 4.61. The minimum atomic E-state index is -0.150. The minimum absolute atomic E-state index is 0.150. The van der Waals surface area contributed by atoms with E-state index in [9.17, 15) is 4.79 Å². The Balaban J connectivity index is 2.14. The highest BCUT2D eigenvalue weighted by Crippen LogP contribution is 2.00. The van der Waals surface area contributed by atoms with Crippen molar-refractivity contribution in [3.63, 3.8) is 0 Å². The van der Waals surface area contributed by atoms with E-state index in [0.29, 0.717) is 12.4 Å². The number of rotatable bonds is 4. The van der Waals surface area contributed by atoms with Gasteiger partial charge < -0.3 is 0 Å². The molecule has 0 fully saturated rings. The Bertz CT molecular complexity index is 479. The minimum Gasteiger partial charge on any atom is -0.290 e. The molecule has 2 aromatic heterocycles. The first-order chi connectivity index (χ1) is 7.81. The van der Waals surface area contributed by atoms with E-state index in [1.807, 2.05) is 6.92 Å². The third-order valence-corrected chi connectivity index (χ3v) is 2.13. The summed E-state index contributed by atoms with van der Waals surface area (Å²) in [5.41, 5.74) is 0. The molecular formula is C10H11N5O. The van der Waals surface area contributed by atoms with Crippen molar-refractivity contribution in [2.24, 2.45) is 0 Å². The second-order valence-electron chi connectivity index (χ2n) is 3.16. The molecule has 82 valence electrons. The third kappa shape index (κ3) is 2.10. The topological polar surface area (TPSA) is 73.6 Å². The normalized spacial score (nSPS) is 10.3. The van der Waals surface area contributed by atoms with Crippen molar-refractivity contribution in [2.75, 3.05) is 0 Å². The van der Waals surface area contributed by atoms with Gasteiger partial charge in [0, 0.05) is 18.9 Å². The molecule has 0 aliphatic heterocycles. The predicted octanol–water partition coefficient (Wildman–Crippen LogP) is 0.513. The molecule has 16 heavy (non-hydrogen) atoms. The van der Waals surface area contributed by atoms with Crippen LogP contribution in [0.3, 0.4) is 0 Å². The smallest absolute Gasteiger partial charge is 0.207 e. The maximum atomic E-state index is 11.8. The molecule has 2 heterocycles. The van der Waals surface area contributed by atoms with Crippen LogP contribution >= 0.6 is 0 Å². The number of ketones is 1. The first-order valence-corrected chi connectivity index (χ1v) is 4.98. The number of hydrogen-bond donors (Lipinski definition) is 0. The van der Waals surface area contributed by atoms with Gasteiger partial charge in [-0.15, -0.1) is 0 Å². The number of aromatic nitrogens is 5. The molecule has 0 atom stereocenters. The lowest BCUT2D eigenvalue weighted by molar-refractivity contribution is 0.0979. The molecule has 0 aliphatic rings. The lowest BCUT2D eigenvalue weighted by Crippen LogP contribution is -2.13. The Kier molecular flexibility index (Phi) is 3.00. The number of aryl methyl sites for hydroxylation is 1. The van der Waals surface area contributed by atoms with Gasteiger partial charge in [0.2, 0.25) is 5.78 Å². The Morgan fingerprint density at radius 1 is 1.31 bits per heavy atom. The molecule has 2 aromatic rings. The van der Waals surface area contributed by atoms with Crippen LogP contribution in [0.1, 0.15) is 23.4 Å². The van der Waals surface area contributed by atoms with E-state index >= 15 is 0 Å². The standard InChI is InChI=1S/C10H11N5O/c1-2-15-9(13-7-14-15)6-8(16)10-11-4-3-5-12-10/h3-5,7H,2,6H2,1H3.